The molecule has 0 bridgehead atoms. The maximum atomic E-state index is 13.4. The first kappa shape index (κ1) is 26.0. The Bertz CT molecular complexity index is 1100. The normalized spacial score (nSPS) is 10.7. The van der Waals surface area contributed by atoms with Gasteiger partial charge in [0.25, 0.3) is 0 Å². The largest absolute Gasteiger partial charge is 0.464 e. The molecule has 0 saturated carbocycles. The van der Waals surface area contributed by atoms with E-state index in [9.17, 15) is 14.0 Å². The van der Waals surface area contributed by atoms with Crippen molar-refractivity contribution >= 4 is 17.6 Å². The highest BCUT2D eigenvalue weighted by molar-refractivity contribution is 5.92. The summed E-state index contributed by atoms with van der Waals surface area (Å²) in [6.07, 6.45) is 0.905. The number of nitrogens with one attached hydrogen (secondary N) is 1. The number of amides is 3. The summed E-state index contributed by atoms with van der Waals surface area (Å²) in [5.74, 6) is 0.755. The number of aryl methyl sites for hydroxylation is 2. The molecule has 3 aromatic rings. The van der Waals surface area contributed by atoms with Crippen LogP contribution in [0, 0.1) is 12.7 Å². The molecule has 0 atom stereocenters. The van der Waals surface area contributed by atoms with Crippen LogP contribution in [0.4, 0.5) is 14.9 Å². The summed E-state index contributed by atoms with van der Waals surface area (Å²) in [6, 6.07) is 16.8. The van der Waals surface area contributed by atoms with E-state index in [0.717, 1.165) is 17.7 Å². The molecule has 3 rings (SSSR count). The number of hydrogen-bond acceptors (Lipinski definition) is 4. The molecule has 1 N–H and O–H groups in total. The third-order valence-electron chi connectivity index (χ3n) is 5.57. The first-order valence-corrected chi connectivity index (χ1v) is 11.6. The van der Waals surface area contributed by atoms with Crippen molar-refractivity contribution in [2.75, 3.05) is 32.1 Å². The lowest BCUT2D eigenvalue weighted by Gasteiger charge is -2.27. The smallest absolute Gasteiger partial charge is 0.322 e. The number of anilines is 1. The minimum absolute atomic E-state index is 0.150. The molecular formula is C27H32FN3O4. The average molecular weight is 482 g/mol. The zero-order valence-corrected chi connectivity index (χ0v) is 20.4. The van der Waals surface area contributed by atoms with Crippen LogP contribution < -0.4 is 5.32 Å². The molecule has 0 fully saturated rings. The summed E-state index contributed by atoms with van der Waals surface area (Å²) in [6.45, 7) is 4.74. The summed E-state index contributed by atoms with van der Waals surface area (Å²) >= 11 is 0. The summed E-state index contributed by atoms with van der Waals surface area (Å²) in [4.78, 5) is 29.4. The van der Waals surface area contributed by atoms with Gasteiger partial charge < -0.3 is 24.3 Å². The lowest BCUT2D eigenvalue weighted by atomic mass is 10.1. The number of rotatable bonds is 11. The number of nitrogens with zero attached hydrogens (tertiary/aromatic N) is 2. The van der Waals surface area contributed by atoms with Crippen LogP contribution in [0.3, 0.4) is 0 Å². The molecule has 7 nitrogen and oxygen atoms in total. The van der Waals surface area contributed by atoms with Crippen molar-refractivity contribution in [1.82, 2.24) is 9.80 Å². The molecule has 35 heavy (non-hydrogen) atoms. The zero-order chi connectivity index (χ0) is 25.2. The molecule has 1 aromatic heterocycles. The Morgan fingerprint density at radius 3 is 2.23 bits per heavy atom. The molecule has 0 unspecified atom stereocenters. The van der Waals surface area contributed by atoms with Gasteiger partial charge in [0, 0.05) is 25.9 Å². The van der Waals surface area contributed by atoms with Gasteiger partial charge in [0.1, 0.15) is 23.9 Å². The van der Waals surface area contributed by atoms with Gasteiger partial charge in [0.05, 0.1) is 13.2 Å². The molecule has 1 heterocycles. The summed E-state index contributed by atoms with van der Waals surface area (Å²) in [5.41, 5.74) is 2.59. The van der Waals surface area contributed by atoms with Crippen molar-refractivity contribution < 1.29 is 23.1 Å². The van der Waals surface area contributed by atoms with Crippen LogP contribution in [-0.4, -0.2) is 48.5 Å². The van der Waals surface area contributed by atoms with Gasteiger partial charge >= 0.3 is 6.03 Å². The van der Waals surface area contributed by atoms with Gasteiger partial charge in [0.15, 0.2) is 0 Å². The Kier molecular flexibility index (Phi) is 9.43. The molecular weight excluding hydrogens is 449 g/mol. The van der Waals surface area contributed by atoms with Crippen LogP contribution in [0.2, 0.25) is 0 Å². The zero-order valence-electron chi connectivity index (χ0n) is 20.4. The molecule has 8 heteroatoms. The highest BCUT2D eigenvalue weighted by Crippen LogP contribution is 2.15. The standard InChI is InChI=1S/C27H32FN3O4/c1-4-21-8-12-24(13-9-21)29-27(33)30(15-16-34-3)19-26(32)31(18-25-14-5-20(2)35-25)17-22-6-10-23(28)11-7-22/h5-14H,4,15-19H2,1-3H3,(H,29,33). The molecule has 186 valence electrons. The van der Waals surface area contributed by atoms with Gasteiger partial charge in [-0.15, -0.1) is 0 Å². The van der Waals surface area contributed by atoms with Gasteiger partial charge in [-0.3, -0.25) is 4.79 Å². The summed E-state index contributed by atoms with van der Waals surface area (Å²) in [5, 5.41) is 2.86. The number of halogens is 1. The topological polar surface area (TPSA) is 75.0 Å². The Morgan fingerprint density at radius 2 is 1.63 bits per heavy atom. The van der Waals surface area contributed by atoms with Crippen LogP contribution in [0.5, 0.6) is 0 Å². The van der Waals surface area contributed by atoms with Crippen molar-refractivity contribution in [2.45, 2.75) is 33.4 Å². The predicted molar refractivity (Wildman–Crippen MR) is 132 cm³/mol. The molecule has 0 saturated heterocycles. The number of urea groups is 1. The molecule has 0 aliphatic carbocycles. The van der Waals surface area contributed by atoms with Crippen LogP contribution >= 0.6 is 0 Å². The van der Waals surface area contributed by atoms with Crippen LogP contribution in [0.25, 0.3) is 0 Å². The van der Waals surface area contributed by atoms with E-state index in [1.807, 2.05) is 43.3 Å². The number of ether oxygens (including phenoxy) is 1. The molecule has 0 spiro atoms. The van der Waals surface area contributed by atoms with E-state index in [1.165, 1.54) is 22.6 Å². The van der Waals surface area contributed by atoms with Crippen molar-refractivity contribution in [2.24, 2.45) is 0 Å². The first-order valence-electron chi connectivity index (χ1n) is 11.6. The number of furan rings is 1. The Hall–Kier alpha value is -3.65. The quantitative estimate of drug-likeness (QED) is 0.418. The van der Waals surface area contributed by atoms with Crippen molar-refractivity contribution in [1.29, 1.82) is 0 Å². The third kappa shape index (κ3) is 7.96. The van der Waals surface area contributed by atoms with E-state index >= 15 is 0 Å². The molecule has 0 radical (unpaired) electrons. The highest BCUT2D eigenvalue weighted by Gasteiger charge is 2.23. The fourth-order valence-corrected chi connectivity index (χ4v) is 3.54. The minimum Gasteiger partial charge on any atom is -0.464 e. The van der Waals surface area contributed by atoms with Crippen LogP contribution in [-0.2, 0) is 29.0 Å². The lowest BCUT2D eigenvalue weighted by Crippen LogP contribution is -2.45. The number of benzene rings is 2. The predicted octanol–water partition coefficient (Wildman–Crippen LogP) is 5.00. The van der Waals surface area contributed by atoms with E-state index in [1.54, 1.807) is 24.1 Å². The number of carbonyl (C=O) groups excluding carboxylic acids is 2. The van der Waals surface area contributed by atoms with E-state index in [4.69, 9.17) is 9.15 Å². The average Bonchev–Trinajstić information content (AvgIpc) is 3.27. The maximum absolute atomic E-state index is 13.4. The van der Waals surface area contributed by atoms with Crippen molar-refractivity contribution in [3.05, 3.63) is 89.1 Å². The van der Waals surface area contributed by atoms with Gasteiger partial charge in [-0.2, -0.15) is 0 Å². The second-order valence-electron chi connectivity index (χ2n) is 8.28. The summed E-state index contributed by atoms with van der Waals surface area (Å²) in [7, 11) is 1.54. The van der Waals surface area contributed by atoms with Gasteiger partial charge in [-0.1, -0.05) is 31.2 Å². The number of carbonyl (C=O) groups is 2. The molecule has 0 aliphatic rings. The number of methoxy groups -OCH3 is 1. The van der Waals surface area contributed by atoms with E-state index in [0.29, 0.717) is 11.4 Å². The van der Waals surface area contributed by atoms with Crippen LogP contribution in [0.15, 0.2) is 65.1 Å². The lowest BCUT2D eigenvalue weighted by molar-refractivity contribution is -0.133. The van der Waals surface area contributed by atoms with E-state index in [2.05, 4.69) is 12.2 Å². The summed E-state index contributed by atoms with van der Waals surface area (Å²) < 4.78 is 24.2. The minimum atomic E-state index is -0.393. The first-order chi connectivity index (χ1) is 16.9. The van der Waals surface area contributed by atoms with Gasteiger partial charge in [-0.25, -0.2) is 9.18 Å². The van der Waals surface area contributed by atoms with E-state index in [-0.39, 0.29) is 44.5 Å². The molecule has 3 amide bonds. The Morgan fingerprint density at radius 1 is 0.943 bits per heavy atom. The highest BCUT2D eigenvalue weighted by atomic mass is 19.1. The van der Waals surface area contributed by atoms with Gasteiger partial charge in [0.2, 0.25) is 5.91 Å². The number of hydrogen-bond donors (Lipinski definition) is 1. The SMILES string of the molecule is CCc1ccc(NC(=O)N(CCOC)CC(=O)N(Cc2ccc(F)cc2)Cc2ccc(C)o2)cc1. The van der Waals surface area contributed by atoms with Gasteiger partial charge in [-0.05, 0) is 60.9 Å². The maximum Gasteiger partial charge on any atom is 0.322 e. The monoisotopic (exact) mass is 481 g/mol. The second-order valence-corrected chi connectivity index (χ2v) is 8.28. The van der Waals surface area contributed by atoms with E-state index < -0.39 is 6.03 Å². The van der Waals surface area contributed by atoms with Crippen molar-refractivity contribution in [3.63, 3.8) is 0 Å². The molecule has 0 aliphatic heterocycles. The third-order valence-corrected chi connectivity index (χ3v) is 5.57. The Labute approximate surface area is 205 Å². The van der Waals surface area contributed by atoms with Crippen molar-refractivity contribution in [3.8, 4) is 0 Å². The Balaban J connectivity index is 1.74. The fraction of sp³-hybridized carbons (Fsp3) is 0.333. The van der Waals surface area contributed by atoms with Crippen LogP contribution in [0.1, 0.15) is 29.6 Å². The fourth-order valence-electron chi connectivity index (χ4n) is 3.54. The second kappa shape index (κ2) is 12.7. The molecule has 2 aromatic carbocycles.